The minimum atomic E-state index is 0. The number of nitrogens with one attached hydrogen (secondary N) is 1. The molecule has 1 unspecified atom stereocenters. The standard InChI is InChI=1S/C18H25N5O.HI/c1-13(12-20-18(19)21-15-10-6-3-7-11-15)17-22-16(23-24-17)14-8-4-2-5-9-14;/h2,4-5,8-9,13,15H,3,6-7,10-12H2,1H3,(H3,19,20,21);1H. The minimum absolute atomic E-state index is 0. The van der Waals surface area contributed by atoms with Crippen molar-refractivity contribution in [2.24, 2.45) is 10.7 Å². The maximum absolute atomic E-state index is 6.00. The molecule has 2 aromatic rings. The molecule has 0 aliphatic heterocycles. The van der Waals surface area contributed by atoms with E-state index in [-0.39, 0.29) is 29.9 Å². The van der Waals surface area contributed by atoms with Gasteiger partial charge in [-0.05, 0) is 12.8 Å². The molecule has 6 nitrogen and oxygen atoms in total. The van der Waals surface area contributed by atoms with Crippen molar-refractivity contribution in [2.45, 2.75) is 51.0 Å². The maximum atomic E-state index is 6.00. The van der Waals surface area contributed by atoms with Crippen LogP contribution in [0.1, 0.15) is 50.8 Å². The fraction of sp³-hybridized carbons (Fsp3) is 0.500. The molecular weight excluding hydrogens is 429 g/mol. The normalized spacial score (nSPS) is 16.9. The third kappa shape index (κ3) is 5.69. The number of aromatic nitrogens is 2. The smallest absolute Gasteiger partial charge is 0.231 e. The Bertz CT molecular complexity index is 667. The molecule has 1 fully saturated rings. The fourth-order valence-electron chi connectivity index (χ4n) is 2.95. The molecule has 1 heterocycles. The van der Waals surface area contributed by atoms with Gasteiger partial charge in [-0.25, -0.2) is 0 Å². The number of aliphatic imine (C=N–C) groups is 1. The number of hydrogen-bond donors (Lipinski definition) is 2. The Morgan fingerprint density at radius 3 is 2.72 bits per heavy atom. The molecule has 1 saturated carbocycles. The van der Waals surface area contributed by atoms with Crippen LogP contribution in [-0.4, -0.2) is 28.7 Å². The van der Waals surface area contributed by atoms with Gasteiger partial charge in [-0.2, -0.15) is 4.98 Å². The number of halogens is 1. The summed E-state index contributed by atoms with van der Waals surface area (Å²) >= 11 is 0. The van der Waals surface area contributed by atoms with Crippen molar-refractivity contribution in [3.8, 4) is 11.4 Å². The van der Waals surface area contributed by atoms with Crippen LogP contribution < -0.4 is 11.1 Å². The van der Waals surface area contributed by atoms with E-state index in [0.717, 1.165) is 5.56 Å². The Morgan fingerprint density at radius 1 is 1.28 bits per heavy atom. The molecule has 0 saturated heterocycles. The molecule has 0 bridgehead atoms. The predicted octanol–water partition coefficient (Wildman–Crippen LogP) is 3.70. The zero-order valence-corrected chi connectivity index (χ0v) is 16.8. The summed E-state index contributed by atoms with van der Waals surface area (Å²) in [6.07, 6.45) is 6.22. The Morgan fingerprint density at radius 2 is 2.00 bits per heavy atom. The van der Waals surface area contributed by atoms with Crippen molar-refractivity contribution in [3.63, 3.8) is 0 Å². The monoisotopic (exact) mass is 455 g/mol. The molecule has 7 heteroatoms. The summed E-state index contributed by atoms with van der Waals surface area (Å²) in [4.78, 5) is 8.90. The molecular formula is C18H26IN5O. The van der Waals surface area contributed by atoms with Crippen molar-refractivity contribution in [1.29, 1.82) is 0 Å². The lowest BCUT2D eigenvalue weighted by Crippen LogP contribution is -2.41. The topological polar surface area (TPSA) is 89.3 Å². The second kappa shape index (κ2) is 9.74. The predicted molar refractivity (Wildman–Crippen MR) is 110 cm³/mol. The first-order valence-electron chi connectivity index (χ1n) is 8.68. The number of rotatable bonds is 5. The van der Waals surface area contributed by atoms with E-state index < -0.39 is 0 Å². The van der Waals surface area contributed by atoms with E-state index in [9.17, 15) is 0 Å². The second-order valence-corrected chi connectivity index (χ2v) is 6.43. The second-order valence-electron chi connectivity index (χ2n) is 6.43. The Hall–Kier alpha value is -1.64. The van der Waals surface area contributed by atoms with Crippen LogP contribution in [0.15, 0.2) is 39.8 Å². The summed E-state index contributed by atoms with van der Waals surface area (Å²) in [5, 5.41) is 7.36. The molecule has 1 aliphatic carbocycles. The van der Waals surface area contributed by atoms with Gasteiger partial charge in [0.2, 0.25) is 11.7 Å². The average molecular weight is 455 g/mol. The minimum Gasteiger partial charge on any atom is -0.370 e. The highest BCUT2D eigenvalue weighted by atomic mass is 127. The fourth-order valence-corrected chi connectivity index (χ4v) is 2.95. The summed E-state index contributed by atoms with van der Waals surface area (Å²) in [5.41, 5.74) is 6.95. The van der Waals surface area contributed by atoms with Crippen molar-refractivity contribution in [2.75, 3.05) is 6.54 Å². The molecule has 0 radical (unpaired) electrons. The molecule has 1 aliphatic rings. The van der Waals surface area contributed by atoms with Gasteiger partial charge in [-0.1, -0.05) is 61.7 Å². The van der Waals surface area contributed by atoms with Crippen LogP contribution >= 0.6 is 24.0 Å². The van der Waals surface area contributed by atoms with Crippen LogP contribution in [0.5, 0.6) is 0 Å². The van der Waals surface area contributed by atoms with Crippen LogP contribution in [0.2, 0.25) is 0 Å². The summed E-state index contributed by atoms with van der Waals surface area (Å²) in [6, 6.07) is 10.3. The van der Waals surface area contributed by atoms with Crippen molar-refractivity contribution >= 4 is 29.9 Å². The van der Waals surface area contributed by atoms with Gasteiger partial charge in [-0.15, -0.1) is 24.0 Å². The van der Waals surface area contributed by atoms with Crippen LogP contribution in [0.3, 0.4) is 0 Å². The summed E-state index contributed by atoms with van der Waals surface area (Å²) in [7, 11) is 0. The highest BCUT2D eigenvalue weighted by Gasteiger charge is 2.16. The van der Waals surface area contributed by atoms with E-state index in [0.29, 0.717) is 30.3 Å². The summed E-state index contributed by atoms with van der Waals surface area (Å²) < 4.78 is 5.37. The first-order chi connectivity index (χ1) is 11.7. The lowest BCUT2D eigenvalue weighted by molar-refractivity contribution is 0.361. The third-order valence-corrected chi connectivity index (χ3v) is 4.39. The van der Waals surface area contributed by atoms with Gasteiger partial charge in [0.1, 0.15) is 0 Å². The van der Waals surface area contributed by atoms with Crippen LogP contribution in [0.4, 0.5) is 0 Å². The molecule has 25 heavy (non-hydrogen) atoms. The highest BCUT2D eigenvalue weighted by Crippen LogP contribution is 2.20. The largest absolute Gasteiger partial charge is 0.370 e. The average Bonchev–Trinajstić information content (AvgIpc) is 3.11. The third-order valence-electron chi connectivity index (χ3n) is 4.39. The zero-order valence-electron chi connectivity index (χ0n) is 14.5. The summed E-state index contributed by atoms with van der Waals surface area (Å²) in [5.74, 6) is 1.73. The zero-order chi connectivity index (χ0) is 16.8. The number of guanidine groups is 1. The molecule has 1 atom stereocenters. The molecule has 0 amide bonds. The van der Waals surface area contributed by atoms with Crippen LogP contribution in [-0.2, 0) is 0 Å². The first kappa shape index (κ1) is 19.7. The SMILES string of the molecule is CC(CN=C(N)NC1CCCCC1)c1nc(-c2ccccc2)no1.I. The Balaban J connectivity index is 0.00000225. The molecule has 1 aromatic heterocycles. The van der Waals surface area contributed by atoms with Gasteiger partial charge in [0.25, 0.3) is 0 Å². The van der Waals surface area contributed by atoms with Gasteiger partial charge >= 0.3 is 0 Å². The van der Waals surface area contributed by atoms with Gasteiger partial charge in [0, 0.05) is 11.6 Å². The van der Waals surface area contributed by atoms with Gasteiger partial charge in [-0.3, -0.25) is 4.99 Å². The number of nitrogens with two attached hydrogens (primary N) is 1. The van der Waals surface area contributed by atoms with Crippen LogP contribution in [0.25, 0.3) is 11.4 Å². The maximum Gasteiger partial charge on any atom is 0.231 e. The number of hydrogen-bond acceptors (Lipinski definition) is 4. The molecule has 136 valence electrons. The molecule has 1 aromatic carbocycles. The quantitative estimate of drug-likeness (QED) is 0.408. The lowest BCUT2D eigenvalue weighted by Gasteiger charge is -2.23. The van der Waals surface area contributed by atoms with E-state index >= 15 is 0 Å². The van der Waals surface area contributed by atoms with E-state index in [1.807, 2.05) is 37.3 Å². The van der Waals surface area contributed by atoms with E-state index in [1.54, 1.807) is 0 Å². The first-order valence-corrected chi connectivity index (χ1v) is 8.68. The number of nitrogens with zero attached hydrogens (tertiary/aromatic N) is 3. The van der Waals surface area contributed by atoms with E-state index in [2.05, 4.69) is 20.4 Å². The van der Waals surface area contributed by atoms with Crippen molar-refractivity contribution < 1.29 is 4.52 Å². The number of benzene rings is 1. The van der Waals surface area contributed by atoms with Crippen molar-refractivity contribution in [3.05, 3.63) is 36.2 Å². The van der Waals surface area contributed by atoms with Gasteiger partial charge < -0.3 is 15.6 Å². The molecule has 3 rings (SSSR count). The Labute approximate surface area is 165 Å². The summed E-state index contributed by atoms with van der Waals surface area (Å²) in [6.45, 7) is 2.54. The highest BCUT2D eigenvalue weighted by molar-refractivity contribution is 14.0. The Kier molecular flexibility index (Phi) is 7.67. The lowest BCUT2D eigenvalue weighted by atomic mass is 9.96. The van der Waals surface area contributed by atoms with Gasteiger partial charge in [0.05, 0.1) is 12.5 Å². The van der Waals surface area contributed by atoms with Crippen molar-refractivity contribution in [1.82, 2.24) is 15.5 Å². The molecule has 3 N–H and O–H groups in total. The molecule has 0 spiro atoms. The van der Waals surface area contributed by atoms with E-state index in [4.69, 9.17) is 10.3 Å². The van der Waals surface area contributed by atoms with E-state index in [1.165, 1.54) is 32.1 Å². The van der Waals surface area contributed by atoms with Crippen LogP contribution in [0, 0.1) is 0 Å². The van der Waals surface area contributed by atoms with Gasteiger partial charge in [0.15, 0.2) is 5.96 Å².